The van der Waals surface area contributed by atoms with E-state index in [0.717, 1.165) is 44.9 Å². The highest BCUT2D eigenvalue weighted by atomic mass is 16.6. The average molecular weight is 643 g/mol. The Hall–Kier alpha value is -2.40. The van der Waals surface area contributed by atoms with Crippen molar-refractivity contribution in [3.8, 4) is 0 Å². The Bertz CT molecular complexity index is 823. The number of carbonyl (C=O) groups excluding carboxylic acids is 2. The topological polar surface area (TPSA) is 72.8 Å². The molecule has 0 aromatic heterocycles. The third-order valence-corrected chi connectivity index (χ3v) is 7.83. The van der Waals surface area contributed by atoms with E-state index >= 15 is 0 Å². The number of ether oxygens (including phenoxy) is 2. The second-order valence-electron chi connectivity index (χ2n) is 12.3. The predicted molar refractivity (Wildman–Crippen MR) is 196 cm³/mol. The van der Waals surface area contributed by atoms with Crippen LogP contribution in [0.2, 0.25) is 0 Å². The van der Waals surface area contributed by atoms with Crippen molar-refractivity contribution in [3.63, 3.8) is 0 Å². The Kier molecular flexibility index (Phi) is 35.1. The van der Waals surface area contributed by atoms with Gasteiger partial charge in [0, 0.05) is 12.8 Å². The fraction of sp³-hybridized carbons (Fsp3) is 0.707. The van der Waals surface area contributed by atoms with Crippen LogP contribution in [-0.2, 0) is 19.1 Å². The van der Waals surface area contributed by atoms with E-state index in [9.17, 15) is 14.7 Å². The number of rotatable bonds is 33. The van der Waals surface area contributed by atoms with Crippen molar-refractivity contribution in [2.45, 2.75) is 174 Å². The quantitative estimate of drug-likeness (QED) is 0.0438. The fourth-order valence-electron chi connectivity index (χ4n) is 4.95. The van der Waals surface area contributed by atoms with Gasteiger partial charge in [0.05, 0.1) is 6.61 Å². The number of hydrogen-bond donors (Lipinski definition) is 1. The number of allylic oxidation sites excluding steroid dienone is 10. The summed E-state index contributed by atoms with van der Waals surface area (Å²) in [7, 11) is 0. The molecule has 0 saturated carbocycles. The standard InChI is InChI=1S/C41H70O5/c1-3-5-7-9-11-13-15-17-18-19-20-21-22-24-25-27-29-31-33-35-40(43)45-38-39(37-42)46-41(44)36-34-32-30-28-26-23-16-14-12-10-8-6-4-2/h11,13,17-18,20-21,24-25,29,31,39,42H,3-10,12,14-16,19,22-23,26-28,30,32-38H2,1-2H3/t39-/m0/s1. The molecule has 0 aliphatic heterocycles. The first-order valence-electron chi connectivity index (χ1n) is 18.8. The van der Waals surface area contributed by atoms with Crippen LogP contribution < -0.4 is 0 Å². The first-order chi connectivity index (χ1) is 22.6. The molecule has 0 amide bonds. The molecule has 0 unspecified atom stereocenters. The van der Waals surface area contributed by atoms with E-state index in [1.165, 1.54) is 89.9 Å². The Balaban J connectivity index is 3.71. The largest absolute Gasteiger partial charge is 0.462 e. The molecule has 1 atom stereocenters. The van der Waals surface area contributed by atoms with Crippen molar-refractivity contribution in [3.05, 3.63) is 60.8 Å². The van der Waals surface area contributed by atoms with Crippen molar-refractivity contribution >= 4 is 11.9 Å². The van der Waals surface area contributed by atoms with Crippen LogP contribution >= 0.6 is 0 Å². The van der Waals surface area contributed by atoms with Gasteiger partial charge < -0.3 is 14.6 Å². The molecule has 264 valence electrons. The van der Waals surface area contributed by atoms with Crippen LogP contribution in [0.3, 0.4) is 0 Å². The molecule has 0 aliphatic rings. The van der Waals surface area contributed by atoms with Gasteiger partial charge in [-0.1, -0.05) is 164 Å². The number of aliphatic hydroxyl groups excluding tert-OH is 1. The summed E-state index contributed by atoms with van der Waals surface area (Å²) in [6.45, 7) is 4.03. The number of carbonyl (C=O) groups is 2. The minimum absolute atomic E-state index is 0.106. The molecule has 0 aromatic carbocycles. The van der Waals surface area contributed by atoms with Gasteiger partial charge in [0.15, 0.2) is 6.10 Å². The zero-order chi connectivity index (χ0) is 33.6. The Morgan fingerprint density at radius 1 is 0.500 bits per heavy atom. The molecule has 0 fully saturated rings. The summed E-state index contributed by atoms with van der Waals surface area (Å²) in [6.07, 6.45) is 47.1. The molecule has 0 saturated heterocycles. The minimum Gasteiger partial charge on any atom is -0.462 e. The summed E-state index contributed by atoms with van der Waals surface area (Å²) in [5.74, 6) is -0.689. The molecular weight excluding hydrogens is 572 g/mol. The van der Waals surface area contributed by atoms with Crippen molar-refractivity contribution in [2.75, 3.05) is 13.2 Å². The van der Waals surface area contributed by atoms with E-state index in [1.807, 2.05) is 12.2 Å². The summed E-state index contributed by atoms with van der Waals surface area (Å²) in [5, 5.41) is 9.52. The number of unbranched alkanes of at least 4 members (excludes halogenated alkanes) is 15. The smallest absolute Gasteiger partial charge is 0.306 e. The Labute approximate surface area is 283 Å². The van der Waals surface area contributed by atoms with Crippen LogP contribution in [0, 0.1) is 0 Å². The highest BCUT2D eigenvalue weighted by Gasteiger charge is 2.15. The monoisotopic (exact) mass is 643 g/mol. The average Bonchev–Trinajstić information content (AvgIpc) is 3.06. The van der Waals surface area contributed by atoms with E-state index in [2.05, 4.69) is 62.5 Å². The second kappa shape index (κ2) is 37.1. The van der Waals surface area contributed by atoms with Crippen LogP contribution in [-0.4, -0.2) is 36.4 Å². The molecule has 1 N–H and O–H groups in total. The van der Waals surface area contributed by atoms with Gasteiger partial charge in [-0.2, -0.15) is 0 Å². The van der Waals surface area contributed by atoms with Gasteiger partial charge in [-0.25, -0.2) is 0 Å². The highest BCUT2D eigenvalue weighted by molar-refractivity contribution is 5.70. The minimum atomic E-state index is -0.800. The third kappa shape index (κ3) is 34.5. The van der Waals surface area contributed by atoms with Crippen LogP contribution in [0.1, 0.15) is 168 Å². The molecule has 46 heavy (non-hydrogen) atoms. The third-order valence-electron chi connectivity index (χ3n) is 7.83. The molecule has 0 aromatic rings. The maximum atomic E-state index is 12.1. The van der Waals surface area contributed by atoms with E-state index in [4.69, 9.17) is 9.47 Å². The Morgan fingerprint density at radius 3 is 1.39 bits per heavy atom. The van der Waals surface area contributed by atoms with Gasteiger partial charge in [0.2, 0.25) is 0 Å². The zero-order valence-electron chi connectivity index (χ0n) is 29.8. The second-order valence-corrected chi connectivity index (χ2v) is 12.3. The molecule has 5 nitrogen and oxygen atoms in total. The van der Waals surface area contributed by atoms with Gasteiger partial charge in [-0.15, -0.1) is 0 Å². The molecule has 0 bridgehead atoms. The van der Waals surface area contributed by atoms with Gasteiger partial charge in [-0.3, -0.25) is 9.59 Å². The predicted octanol–water partition coefficient (Wildman–Crippen LogP) is 11.6. The molecular formula is C41H70O5. The fourth-order valence-corrected chi connectivity index (χ4v) is 4.95. The lowest BCUT2D eigenvalue weighted by atomic mass is 10.0. The molecule has 0 radical (unpaired) electrons. The maximum Gasteiger partial charge on any atom is 0.306 e. The first-order valence-corrected chi connectivity index (χ1v) is 18.8. The van der Waals surface area contributed by atoms with Crippen LogP contribution in [0.25, 0.3) is 0 Å². The molecule has 0 rings (SSSR count). The maximum absolute atomic E-state index is 12.1. The molecule has 5 heteroatoms. The van der Waals surface area contributed by atoms with E-state index in [1.54, 1.807) is 0 Å². The first kappa shape index (κ1) is 43.6. The summed E-state index contributed by atoms with van der Waals surface area (Å²) in [5.41, 5.74) is 0. The SMILES string of the molecule is CCCCCC=CCC=CCC=CCC=CCC=CCCC(=O)OC[C@H](CO)OC(=O)CCCCCCCCCCCCCCC. The molecule has 0 heterocycles. The number of esters is 2. The van der Waals surface area contributed by atoms with Gasteiger partial charge in [0.25, 0.3) is 0 Å². The zero-order valence-corrected chi connectivity index (χ0v) is 29.8. The van der Waals surface area contributed by atoms with Crippen molar-refractivity contribution < 1.29 is 24.2 Å². The summed E-state index contributed by atoms with van der Waals surface area (Å²) >= 11 is 0. The van der Waals surface area contributed by atoms with E-state index < -0.39 is 6.10 Å². The van der Waals surface area contributed by atoms with Crippen molar-refractivity contribution in [2.24, 2.45) is 0 Å². The van der Waals surface area contributed by atoms with Crippen LogP contribution in [0.4, 0.5) is 0 Å². The van der Waals surface area contributed by atoms with Crippen molar-refractivity contribution in [1.29, 1.82) is 0 Å². The van der Waals surface area contributed by atoms with E-state index in [0.29, 0.717) is 12.8 Å². The molecule has 0 spiro atoms. The van der Waals surface area contributed by atoms with Gasteiger partial charge in [-0.05, 0) is 51.4 Å². The normalized spacial score (nSPS) is 12.8. The van der Waals surface area contributed by atoms with Crippen LogP contribution in [0.15, 0.2) is 60.8 Å². The highest BCUT2D eigenvalue weighted by Crippen LogP contribution is 2.13. The Morgan fingerprint density at radius 2 is 0.913 bits per heavy atom. The van der Waals surface area contributed by atoms with Gasteiger partial charge >= 0.3 is 11.9 Å². The molecule has 0 aliphatic carbocycles. The lowest BCUT2D eigenvalue weighted by Gasteiger charge is -2.15. The van der Waals surface area contributed by atoms with E-state index in [-0.39, 0.29) is 31.6 Å². The lowest BCUT2D eigenvalue weighted by molar-refractivity contribution is -0.161. The van der Waals surface area contributed by atoms with Crippen molar-refractivity contribution in [1.82, 2.24) is 0 Å². The van der Waals surface area contributed by atoms with Gasteiger partial charge in [0.1, 0.15) is 6.61 Å². The summed E-state index contributed by atoms with van der Waals surface area (Å²) in [4.78, 5) is 24.2. The number of aliphatic hydroxyl groups is 1. The lowest BCUT2D eigenvalue weighted by Crippen LogP contribution is -2.28. The summed E-state index contributed by atoms with van der Waals surface area (Å²) in [6, 6.07) is 0. The summed E-state index contributed by atoms with van der Waals surface area (Å²) < 4.78 is 10.5. The number of hydrogen-bond acceptors (Lipinski definition) is 5. The van der Waals surface area contributed by atoms with Crippen LogP contribution in [0.5, 0.6) is 0 Å².